The summed E-state index contributed by atoms with van der Waals surface area (Å²) in [5, 5.41) is 14.3. The van der Waals surface area contributed by atoms with Crippen molar-refractivity contribution in [3.63, 3.8) is 0 Å². The van der Waals surface area contributed by atoms with Crippen LogP contribution in [0, 0.1) is 13.8 Å². The minimum absolute atomic E-state index is 0.00577. The maximum absolute atomic E-state index is 12.6. The minimum Gasteiger partial charge on any atom is -0.312 e. The SMILES string of the molecule is Cc1cc(C)cc(N2C[C@@H](c3nnc(NC(=O)Cc4cccs4)s3)CC2=O)c1. The van der Waals surface area contributed by atoms with Gasteiger partial charge < -0.3 is 10.2 Å². The lowest BCUT2D eigenvalue weighted by atomic mass is 10.1. The standard InChI is InChI=1S/C20H20N4O2S2/c1-12-6-13(2)8-15(7-12)24-11-14(9-18(24)26)19-22-23-20(28-19)21-17(25)10-16-4-3-5-27-16/h3-8,14H,9-11H2,1-2H3,(H,21,23,25)/t14-/m0/s1. The van der Waals surface area contributed by atoms with Gasteiger partial charge in [-0.2, -0.15) is 0 Å². The lowest BCUT2D eigenvalue weighted by molar-refractivity contribution is -0.117. The van der Waals surface area contributed by atoms with Gasteiger partial charge in [-0.3, -0.25) is 9.59 Å². The molecular weight excluding hydrogens is 392 g/mol. The van der Waals surface area contributed by atoms with Gasteiger partial charge in [-0.1, -0.05) is 23.5 Å². The number of hydrogen-bond acceptors (Lipinski definition) is 6. The first-order valence-corrected chi connectivity index (χ1v) is 10.7. The van der Waals surface area contributed by atoms with Crippen molar-refractivity contribution in [2.24, 2.45) is 0 Å². The number of aryl methyl sites for hydroxylation is 2. The summed E-state index contributed by atoms with van der Waals surface area (Å²) < 4.78 is 0. The molecule has 2 amide bonds. The van der Waals surface area contributed by atoms with E-state index in [0.717, 1.165) is 26.7 Å². The monoisotopic (exact) mass is 412 g/mol. The average Bonchev–Trinajstić information content (AvgIpc) is 3.35. The molecule has 1 aromatic carbocycles. The van der Waals surface area contributed by atoms with Crippen molar-refractivity contribution in [3.05, 3.63) is 56.7 Å². The number of nitrogens with zero attached hydrogens (tertiary/aromatic N) is 3. The molecule has 0 spiro atoms. The van der Waals surface area contributed by atoms with E-state index in [0.29, 0.717) is 24.5 Å². The second kappa shape index (κ2) is 7.81. The summed E-state index contributed by atoms with van der Waals surface area (Å²) in [5.41, 5.74) is 3.20. The van der Waals surface area contributed by atoms with Crippen molar-refractivity contribution in [3.8, 4) is 0 Å². The molecule has 2 aromatic heterocycles. The van der Waals surface area contributed by atoms with Gasteiger partial charge in [0.15, 0.2) is 0 Å². The average molecular weight is 413 g/mol. The first-order valence-electron chi connectivity index (χ1n) is 9.02. The number of nitrogens with one attached hydrogen (secondary N) is 1. The summed E-state index contributed by atoms with van der Waals surface area (Å²) in [6, 6.07) is 10.0. The Bertz CT molecular complexity index is 993. The Labute approximate surface area is 171 Å². The van der Waals surface area contributed by atoms with Gasteiger partial charge in [-0.25, -0.2) is 0 Å². The molecule has 1 fully saturated rings. The predicted octanol–water partition coefficient (Wildman–Crippen LogP) is 3.92. The van der Waals surface area contributed by atoms with Gasteiger partial charge in [0.25, 0.3) is 0 Å². The van der Waals surface area contributed by atoms with E-state index >= 15 is 0 Å². The number of carbonyl (C=O) groups excluding carboxylic acids is 2. The maximum Gasteiger partial charge on any atom is 0.231 e. The third kappa shape index (κ3) is 4.13. The fourth-order valence-corrected chi connectivity index (χ4v) is 4.97. The van der Waals surface area contributed by atoms with Crippen LogP contribution in [0.3, 0.4) is 0 Å². The largest absolute Gasteiger partial charge is 0.312 e. The fraction of sp³-hybridized carbons (Fsp3) is 0.300. The van der Waals surface area contributed by atoms with Gasteiger partial charge in [0.05, 0.1) is 6.42 Å². The normalized spacial score (nSPS) is 16.6. The van der Waals surface area contributed by atoms with E-state index in [2.05, 4.69) is 21.6 Å². The van der Waals surface area contributed by atoms with Crippen LogP contribution in [0.2, 0.25) is 0 Å². The molecule has 144 valence electrons. The summed E-state index contributed by atoms with van der Waals surface area (Å²) in [6.07, 6.45) is 0.736. The molecule has 1 aliphatic heterocycles. The van der Waals surface area contributed by atoms with Gasteiger partial charge in [0.2, 0.25) is 16.9 Å². The Balaban J connectivity index is 1.43. The first kappa shape index (κ1) is 18.8. The number of hydrogen-bond donors (Lipinski definition) is 1. The van der Waals surface area contributed by atoms with E-state index in [1.807, 2.05) is 48.4 Å². The summed E-state index contributed by atoms with van der Waals surface area (Å²) >= 11 is 2.90. The number of rotatable bonds is 5. The summed E-state index contributed by atoms with van der Waals surface area (Å²) in [6.45, 7) is 4.65. The molecule has 0 radical (unpaired) electrons. The first-order chi connectivity index (χ1) is 13.5. The van der Waals surface area contributed by atoms with Crippen molar-refractivity contribution in [2.75, 3.05) is 16.8 Å². The van der Waals surface area contributed by atoms with Crippen molar-refractivity contribution in [1.29, 1.82) is 0 Å². The molecule has 0 saturated carbocycles. The third-order valence-electron chi connectivity index (χ3n) is 4.59. The Hall–Kier alpha value is -2.58. The minimum atomic E-state index is -0.107. The zero-order valence-electron chi connectivity index (χ0n) is 15.6. The van der Waals surface area contributed by atoms with E-state index in [1.165, 1.54) is 11.3 Å². The quantitative estimate of drug-likeness (QED) is 0.689. The molecule has 4 rings (SSSR count). The highest BCUT2D eigenvalue weighted by Crippen LogP contribution is 2.34. The Morgan fingerprint density at radius 1 is 1.25 bits per heavy atom. The third-order valence-corrected chi connectivity index (χ3v) is 6.47. The summed E-state index contributed by atoms with van der Waals surface area (Å²) in [5.74, 6) is -0.0215. The van der Waals surface area contributed by atoms with Crippen LogP contribution in [0.25, 0.3) is 0 Å². The molecule has 1 aliphatic rings. The zero-order chi connectivity index (χ0) is 19.7. The Kier molecular flexibility index (Phi) is 5.23. The molecule has 8 heteroatoms. The fourth-order valence-electron chi connectivity index (χ4n) is 3.41. The van der Waals surface area contributed by atoms with Crippen LogP contribution in [0.4, 0.5) is 10.8 Å². The molecule has 1 N–H and O–H groups in total. The van der Waals surface area contributed by atoms with Crippen LogP contribution in [0.15, 0.2) is 35.7 Å². The van der Waals surface area contributed by atoms with Crippen molar-refractivity contribution in [1.82, 2.24) is 10.2 Å². The van der Waals surface area contributed by atoms with E-state index in [4.69, 9.17) is 0 Å². The van der Waals surface area contributed by atoms with Gasteiger partial charge in [0, 0.05) is 29.4 Å². The molecule has 6 nitrogen and oxygen atoms in total. The molecule has 0 bridgehead atoms. The number of benzene rings is 1. The molecule has 1 saturated heterocycles. The van der Waals surface area contributed by atoms with Gasteiger partial charge in [-0.05, 0) is 48.6 Å². The molecule has 28 heavy (non-hydrogen) atoms. The number of amides is 2. The smallest absolute Gasteiger partial charge is 0.231 e. The van der Waals surface area contributed by atoms with Crippen LogP contribution in [0.5, 0.6) is 0 Å². The molecular formula is C20H20N4O2S2. The van der Waals surface area contributed by atoms with E-state index < -0.39 is 0 Å². The summed E-state index contributed by atoms with van der Waals surface area (Å²) in [7, 11) is 0. The molecule has 0 unspecified atom stereocenters. The van der Waals surface area contributed by atoms with Crippen LogP contribution < -0.4 is 10.2 Å². The second-order valence-corrected chi connectivity index (χ2v) is 9.04. The summed E-state index contributed by atoms with van der Waals surface area (Å²) in [4.78, 5) is 27.5. The van der Waals surface area contributed by atoms with Crippen LogP contribution in [-0.4, -0.2) is 28.6 Å². The van der Waals surface area contributed by atoms with Crippen LogP contribution >= 0.6 is 22.7 Å². The van der Waals surface area contributed by atoms with Crippen LogP contribution in [-0.2, 0) is 16.0 Å². The highest BCUT2D eigenvalue weighted by atomic mass is 32.1. The molecule has 0 aliphatic carbocycles. The maximum atomic E-state index is 12.6. The second-order valence-electron chi connectivity index (χ2n) is 7.00. The molecule has 1 atom stereocenters. The van der Waals surface area contributed by atoms with Crippen molar-refractivity contribution >= 4 is 45.3 Å². The Morgan fingerprint density at radius 2 is 2.04 bits per heavy atom. The van der Waals surface area contributed by atoms with Crippen LogP contribution in [0.1, 0.15) is 33.4 Å². The van der Waals surface area contributed by atoms with Crippen molar-refractivity contribution in [2.45, 2.75) is 32.6 Å². The van der Waals surface area contributed by atoms with E-state index in [1.54, 1.807) is 11.3 Å². The van der Waals surface area contributed by atoms with Gasteiger partial charge in [-0.15, -0.1) is 21.5 Å². The topological polar surface area (TPSA) is 75.2 Å². The number of carbonyl (C=O) groups is 2. The highest BCUT2D eigenvalue weighted by molar-refractivity contribution is 7.15. The van der Waals surface area contributed by atoms with Gasteiger partial charge in [0.1, 0.15) is 5.01 Å². The predicted molar refractivity (Wildman–Crippen MR) is 112 cm³/mol. The lowest BCUT2D eigenvalue weighted by Gasteiger charge is -2.17. The van der Waals surface area contributed by atoms with E-state index in [-0.39, 0.29) is 17.7 Å². The number of thiophene rings is 1. The Morgan fingerprint density at radius 3 is 2.75 bits per heavy atom. The molecule has 3 aromatic rings. The van der Waals surface area contributed by atoms with Gasteiger partial charge >= 0.3 is 0 Å². The lowest BCUT2D eigenvalue weighted by Crippen LogP contribution is -2.24. The highest BCUT2D eigenvalue weighted by Gasteiger charge is 2.34. The van der Waals surface area contributed by atoms with Crippen molar-refractivity contribution < 1.29 is 9.59 Å². The number of aromatic nitrogens is 2. The zero-order valence-corrected chi connectivity index (χ0v) is 17.3. The molecule has 3 heterocycles. The number of anilines is 2. The van der Waals surface area contributed by atoms with E-state index in [9.17, 15) is 9.59 Å².